The molecule has 0 spiro atoms. The van der Waals surface area contributed by atoms with Crippen molar-refractivity contribution in [2.45, 2.75) is 6.92 Å². The van der Waals surface area contributed by atoms with Gasteiger partial charge >= 0.3 is 5.97 Å². The fourth-order valence-corrected chi connectivity index (χ4v) is 3.17. The maximum Gasteiger partial charge on any atom is 0.336 e. The van der Waals surface area contributed by atoms with Crippen molar-refractivity contribution in [2.24, 2.45) is 0 Å². The Kier molecular flexibility index (Phi) is 5.58. The molecule has 1 fully saturated rings. The fraction of sp³-hybridized carbons (Fsp3) is 0.286. The fourth-order valence-electron chi connectivity index (χ4n) is 3.17. The minimum absolute atomic E-state index is 0.307. The third-order valence-electron chi connectivity index (χ3n) is 4.53. The smallest absolute Gasteiger partial charge is 0.336 e. The topological polar surface area (TPSA) is 59.0 Å². The number of aromatic carboxylic acids is 1. The molecule has 136 valence electrons. The van der Waals surface area contributed by atoms with Gasteiger partial charge in [0.15, 0.2) is 0 Å². The zero-order chi connectivity index (χ0) is 18.5. The molecule has 0 aromatic heterocycles. The van der Waals surface area contributed by atoms with Crippen LogP contribution in [0, 0.1) is 6.92 Å². The minimum atomic E-state index is -0.922. The van der Waals surface area contributed by atoms with Crippen LogP contribution in [0.25, 0.3) is 12.2 Å². The van der Waals surface area contributed by atoms with Crippen LogP contribution in [-0.4, -0.2) is 44.5 Å². The summed E-state index contributed by atoms with van der Waals surface area (Å²) in [5.41, 5.74) is 4.05. The number of morpholine rings is 1. The number of ether oxygens (including phenoxy) is 2. The number of carboxylic acid groups (broad SMARTS) is 1. The number of aryl methyl sites for hydroxylation is 1. The van der Waals surface area contributed by atoms with Crippen molar-refractivity contribution < 1.29 is 19.4 Å². The summed E-state index contributed by atoms with van der Waals surface area (Å²) >= 11 is 0. The number of carbonyl (C=O) groups is 1. The van der Waals surface area contributed by atoms with Crippen LogP contribution in [-0.2, 0) is 4.74 Å². The Bertz CT molecular complexity index is 806. The van der Waals surface area contributed by atoms with Crippen LogP contribution in [0.5, 0.6) is 5.75 Å². The van der Waals surface area contributed by atoms with Crippen molar-refractivity contribution in [3.8, 4) is 5.75 Å². The molecule has 0 unspecified atom stereocenters. The molecule has 2 aromatic carbocycles. The zero-order valence-electron chi connectivity index (χ0n) is 15.1. The highest BCUT2D eigenvalue weighted by Gasteiger charge is 2.20. The van der Waals surface area contributed by atoms with E-state index < -0.39 is 5.97 Å². The predicted molar refractivity (Wildman–Crippen MR) is 103 cm³/mol. The molecule has 1 aliphatic heterocycles. The van der Waals surface area contributed by atoms with E-state index in [0.717, 1.165) is 41.2 Å². The van der Waals surface area contributed by atoms with E-state index in [4.69, 9.17) is 9.47 Å². The second-order valence-electron chi connectivity index (χ2n) is 6.20. The monoisotopic (exact) mass is 353 g/mol. The van der Waals surface area contributed by atoms with Gasteiger partial charge in [0, 0.05) is 24.3 Å². The van der Waals surface area contributed by atoms with Gasteiger partial charge in [0.05, 0.1) is 25.9 Å². The predicted octanol–water partition coefficient (Wildman–Crippen LogP) is 3.71. The number of rotatable bonds is 5. The summed E-state index contributed by atoms with van der Waals surface area (Å²) in [5.74, 6) is -0.133. The summed E-state index contributed by atoms with van der Waals surface area (Å²) in [7, 11) is 1.63. The molecule has 0 radical (unpaired) electrons. The SMILES string of the molecule is COc1ccc(C=Cc2c(C(=O)O)ccc(C)c2N2CCOCC2)cc1. The first kappa shape index (κ1) is 18.0. The second kappa shape index (κ2) is 8.06. The van der Waals surface area contributed by atoms with Crippen molar-refractivity contribution in [1.82, 2.24) is 0 Å². The first-order chi connectivity index (χ1) is 12.6. The summed E-state index contributed by atoms with van der Waals surface area (Å²) in [6, 6.07) is 11.2. The average molecular weight is 353 g/mol. The largest absolute Gasteiger partial charge is 0.497 e. The first-order valence-electron chi connectivity index (χ1n) is 8.62. The number of methoxy groups -OCH3 is 1. The van der Waals surface area contributed by atoms with Gasteiger partial charge in [-0.3, -0.25) is 0 Å². The molecule has 0 atom stereocenters. The van der Waals surface area contributed by atoms with Crippen LogP contribution in [0.2, 0.25) is 0 Å². The molecule has 2 aromatic rings. The molecule has 1 saturated heterocycles. The van der Waals surface area contributed by atoms with Gasteiger partial charge in [-0.25, -0.2) is 4.79 Å². The van der Waals surface area contributed by atoms with Gasteiger partial charge < -0.3 is 19.5 Å². The second-order valence-corrected chi connectivity index (χ2v) is 6.20. The lowest BCUT2D eigenvalue weighted by Crippen LogP contribution is -2.37. The molecule has 0 amide bonds. The van der Waals surface area contributed by atoms with Crippen molar-refractivity contribution in [2.75, 3.05) is 38.3 Å². The van der Waals surface area contributed by atoms with Crippen molar-refractivity contribution in [3.63, 3.8) is 0 Å². The molecule has 5 heteroatoms. The molecule has 5 nitrogen and oxygen atoms in total. The van der Waals surface area contributed by atoms with Gasteiger partial charge in [-0.1, -0.05) is 30.4 Å². The van der Waals surface area contributed by atoms with Crippen molar-refractivity contribution in [1.29, 1.82) is 0 Å². The summed E-state index contributed by atoms with van der Waals surface area (Å²) < 4.78 is 10.6. The number of hydrogen-bond donors (Lipinski definition) is 1. The Morgan fingerprint density at radius 2 is 1.81 bits per heavy atom. The molecule has 1 heterocycles. The van der Waals surface area contributed by atoms with E-state index in [1.807, 2.05) is 49.4 Å². The molecule has 1 aliphatic rings. The zero-order valence-corrected chi connectivity index (χ0v) is 15.1. The molecule has 3 rings (SSSR count). The number of hydrogen-bond acceptors (Lipinski definition) is 4. The van der Waals surface area contributed by atoms with Crippen LogP contribution in [0.1, 0.15) is 27.0 Å². The molecule has 0 saturated carbocycles. The van der Waals surface area contributed by atoms with Crippen LogP contribution in [0.3, 0.4) is 0 Å². The average Bonchev–Trinajstić information content (AvgIpc) is 2.67. The number of nitrogens with zero attached hydrogens (tertiary/aromatic N) is 1. The Morgan fingerprint density at radius 1 is 1.12 bits per heavy atom. The molecule has 1 N–H and O–H groups in total. The highest BCUT2D eigenvalue weighted by molar-refractivity contribution is 5.97. The Labute approximate surface area is 153 Å². The third-order valence-corrected chi connectivity index (χ3v) is 4.53. The van der Waals surface area contributed by atoms with Crippen LogP contribution < -0.4 is 9.64 Å². The van der Waals surface area contributed by atoms with Gasteiger partial charge in [0.25, 0.3) is 0 Å². The van der Waals surface area contributed by atoms with Gasteiger partial charge in [-0.05, 0) is 36.2 Å². The molecule has 26 heavy (non-hydrogen) atoms. The summed E-state index contributed by atoms with van der Waals surface area (Å²) in [6.45, 7) is 4.83. The Balaban J connectivity index is 2.03. The number of anilines is 1. The molecular weight excluding hydrogens is 330 g/mol. The third kappa shape index (κ3) is 3.89. The quantitative estimate of drug-likeness (QED) is 0.831. The lowest BCUT2D eigenvalue weighted by atomic mass is 9.98. The van der Waals surface area contributed by atoms with Gasteiger partial charge in [0.1, 0.15) is 5.75 Å². The van der Waals surface area contributed by atoms with E-state index in [1.54, 1.807) is 13.2 Å². The Hall–Kier alpha value is -2.79. The maximum atomic E-state index is 11.8. The molecule has 0 aliphatic carbocycles. The van der Waals surface area contributed by atoms with Gasteiger partial charge in [-0.2, -0.15) is 0 Å². The first-order valence-corrected chi connectivity index (χ1v) is 8.62. The maximum absolute atomic E-state index is 11.8. The van der Waals surface area contributed by atoms with Gasteiger partial charge in [-0.15, -0.1) is 0 Å². The summed E-state index contributed by atoms with van der Waals surface area (Å²) in [4.78, 5) is 14.0. The summed E-state index contributed by atoms with van der Waals surface area (Å²) in [6.07, 6.45) is 3.83. The van der Waals surface area contributed by atoms with Crippen molar-refractivity contribution in [3.05, 3.63) is 58.7 Å². The highest BCUT2D eigenvalue weighted by Crippen LogP contribution is 2.31. The molecule has 0 bridgehead atoms. The normalized spacial score (nSPS) is 14.6. The minimum Gasteiger partial charge on any atom is -0.497 e. The number of benzene rings is 2. The van der Waals surface area contributed by atoms with E-state index in [2.05, 4.69) is 4.90 Å². The van der Waals surface area contributed by atoms with E-state index in [9.17, 15) is 9.90 Å². The van der Waals surface area contributed by atoms with E-state index in [-0.39, 0.29) is 0 Å². The summed E-state index contributed by atoms with van der Waals surface area (Å²) in [5, 5.41) is 9.65. The Morgan fingerprint density at radius 3 is 2.42 bits per heavy atom. The van der Waals surface area contributed by atoms with E-state index in [0.29, 0.717) is 18.8 Å². The van der Waals surface area contributed by atoms with Crippen LogP contribution in [0.15, 0.2) is 36.4 Å². The van der Waals surface area contributed by atoms with E-state index >= 15 is 0 Å². The van der Waals surface area contributed by atoms with Crippen LogP contribution >= 0.6 is 0 Å². The van der Waals surface area contributed by atoms with Crippen LogP contribution in [0.4, 0.5) is 5.69 Å². The lowest BCUT2D eigenvalue weighted by Gasteiger charge is -2.32. The van der Waals surface area contributed by atoms with E-state index in [1.165, 1.54) is 0 Å². The van der Waals surface area contributed by atoms with Crippen molar-refractivity contribution >= 4 is 23.8 Å². The van der Waals surface area contributed by atoms with Gasteiger partial charge in [0.2, 0.25) is 0 Å². The standard InChI is InChI=1S/C21H23NO4/c1-15-3-9-19(21(23)24)18(20(15)22-11-13-26-14-12-22)10-6-16-4-7-17(25-2)8-5-16/h3-10H,11-14H2,1-2H3,(H,23,24). The highest BCUT2D eigenvalue weighted by atomic mass is 16.5. The lowest BCUT2D eigenvalue weighted by molar-refractivity contribution is 0.0696. The molecular formula is C21H23NO4. The number of carboxylic acids is 1.